The molecule has 0 fully saturated rings. The largest absolute Gasteiger partial charge is 0.495 e. The number of rotatable bonds is 6. The van der Waals surface area contributed by atoms with E-state index >= 15 is 0 Å². The molecule has 0 aliphatic carbocycles. The zero-order valence-electron chi connectivity index (χ0n) is 9.97. The first-order valence-electron chi connectivity index (χ1n) is 5.34. The predicted molar refractivity (Wildman–Crippen MR) is 69.2 cm³/mol. The van der Waals surface area contributed by atoms with Gasteiger partial charge in [-0.2, -0.15) is 0 Å². The molecular weight excluding hydrogens is 270 g/mol. The Kier molecular flexibility index (Phi) is 5.63. The molecule has 0 aliphatic heterocycles. The van der Waals surface area contributed by atoms with E-state index in [-0.39, 0.29) is 0 Å². The van der Waals surface area contributed by atoms with E-state index in [2.05, 4.69) is 28.2 Å². The molecular formula is C12H18BrNO2. The van der Waals surface area contributed by atoms with Gasteiger partial charge in [0.05, 0.1) is 14.2 Å². The normalized spacial score (nSPS) is 10.2. The lowest BCUT2D eigenvalue weighted by Crippen LogP contribution is -2.14. The van der Waals surface area contributed by atoms with Crippen molar-refractivity contribution >= 4 is 15.9 Å². The molecule has 1 aromatic rings. The highest BCUT2D eigenvalue weighted by atomic mass is 79.9. The van der Waals surface area contributed by atoms with Crippen molar-refractivity contribution in [3.8, 4) is 11.5 Å². The van der Waals surface area contributed by atoms with E-state index in [0.717, 1.165) is 41.0 Å². The van der Waals surface area contributed by atoms with E-state index in [1.807, 2.05) is 12.1 Å². The van der Waals surface area contributed by atoms with Crippen molar-refractivity contribution in [1.82, 2.24) is 5.32 Å². The molecule has 4 heteroatoms. The van der Waals surface area contributed by atoms with E-state index in [1.54, 1.807) is 14.2 Å². The summed E-state index contributed by atoms with van der Waals surface area (Å²) >= 11 is 3.48. The molecule has 3 nitrogen and oxygen atoms in total. The third kappa shape index (κ3) is 3.12. The van der Waals surface area contributed by atoms with Crippen LogP contribution in [0.15, 0.2) is 16.6 Å². The van der Waals surface area contributed by atoms with Gasteiger partial charge in [-0.05, 0) is 35.0 Å². The van der Waals surface area contributed by atoms with Gasteiger partial charge in [0.2, 0.25) is 0 Å². The Hall–Kier alpha value is -0.740. The molecule has 0 heterocycles. The molecule has 0 saturated heterocycles. The van der Waals surface area contributed by atoms with Gasteiger partial charge in [-0.1, -0.05) is 13.0 Å². The summed E-state index contributed by atoms with van der Waals surface area (Å²) in [6.07, 6.45) is 1.12. The fourth-order valence-corrected chi connectivity index (χ4v) is 2.21. The molecule has 0 aliphatic rings. The molecule has 0 radical (unpaired) electrons. The van der Waals surface area contributed by atoms with E-state index in [1.165, 1.54) is 0 Å². The van der Waals surface area contributed by atoms with Gasteiger partial charge in [0, 0.05) is 12.1 Å². The van der Waals surface area contributed by atoms with Gasteiger partial charge in [-0.15, -0.1) is 0 Å². The van der Waals surface area contributed by atoms with Crippen LogP contribution >= 0.6 is 15.9 Å². The zero-order valence-corrected chi connectivity index (χ0v) is 11.6. The van der Waals surface area contributed by atoms with E-state index in [9.17, 15) is 0 Å². The van der Waals surface area contributed by atoms with Crippen LogP contribution < -0.4 is 14.8 Å². The third-order valence-electron chi connectivity index (χ3n) is 2.31. The van der Waals surface area contributed by atoms with Crippen molar-refractivity contribution in [2.45, 2.75) is 19.9 Å². The topological polar surface area (TPSA) is 30.5 Å². The van der Waals surface area contributed by atoms with Crippen molar-refractivity contribution < 1.29 is 9.47 Å². The summed E-state index contributed by atoms with van der Waals surface area (Å²) in [4.78, 5) is 0. The van der Waals surface area contributed by atoms with Crippen LogP contribution in [0.25, 0.3) is 0 Å². The number of halogens is 1. The molecule has 0 bridgehead atoms. The zero-order chi connectivity index (χ0) is 12.0. The van der Waals surface area contributed by atoms with E-state index in [4.69, 9.17) is 9.47 Å². The molecule has 0 saturated carbocycles. The minimum atomic E-state index is 0.788. The highest BCUT2D eigenvalue weighted by Crippen LogP contribution is 2.36. The minimum Gasteiger partial charge on any atom is -0.495 e. The maximum absolute atomic E-state index is 5.38. The second-order valence-corrected chi connectivity index (χ2v) is 4.24. The molecule has 0 atom stereocenters. The highest BCUT2D eigenvalue weighted by Gasteiger charge is 2.11. The highest BCUT2D eigenvalue weighted by molar-refractivity contribution is 9.10. The molecule has 0 amide bonds. The molecule has 16 heavy (non-hydrogen) atoms. The summed E-state index contributed by atoms with van der Waals surface area (Å²) in [6.45, 7) is 3.96. The average Bonchev–Trinajstić information content (AvgIpc) is 2.30. The van der Waals surface area contributed by atoms with Gasteiger partial charge in [0.1, 0.15) is 16.0 Å². The lowest BCUT2D eigenvalue weighted by Gasteiger charge is -2.13. The number of hydrogen-bond donors (Lipinski definition) is 1. The number of nitrogens with one attached hydrogen (secondary N) is 1. The van der Waals surface area contributed by atoms with Crippen molar-refractivity contribution in [1.29, 1.82) is 0 Å². The van der Waals surface area contributed by atoms with Crippen LogP contribution in [0.3, 0.4) is 0 Å². The first-order valence-corrected chi connectivity index (χ1v) is 6.14. The molecule has 1 rings (SSSR count). The summed E-state index contributed by atoms with van der Waals surface area (Å²) in [5.74, 6) is 1.62. The second kappa shape index (κ2) is 6.76. The van der Waals surface area contributed by atoms with Gasteiger partial charge in [-0.25, -0.2) is 0 Å². The lowest BCUT2D eigenvalue weighted by atomic mass is 10.2. The number of ether oxygens (including phenoxy) is 2. The first-order chi connectivity index (χ1) is 7.74. The number of hydrogen-bond acceptors (Lipinski definition) is 3. The molecule has 1 N–H and O–H groups in total. The van der Waals surface area contributed by atoms with Crippen LogP contribution in [0.1, 0.15) is 18.9 Å². The Morgan fingerprint density at radius 2 is 2.00 bits per heavy atom. The van der Waals surface area contributed by atoms with Gasteiger partial charge < -0.3 is 14.8 Å². The second-order valence-electron chi connectivity index (χ2n) is 3.45. The molecule has 0 unspecified atom stereocenters. The summed E-state index contributed by atoms with van der Waals surface area (Å²) in [7, 11) is 3.32. The minimum absolute atomic E-state index is 0.788. The molecule has 90 valence electrons. The smallest absolute Gasteiger partial charge is 0.141 e. The summed E-state index contributed by atoms with van der Waals surface area (Å²) in [5.41, 5.74) is 1.13. The van der Waals surface area contributed by atoms with Gasteiger partial charge in [0.25, 0.3) is 0 Å². The van der Waals surface area contributed by atoms with Crippen LogP contribution in [-0.2, 0) is 6.54 Å². The van der Waals surface area contributed by atoms with Gasteiger partial charge in [0.15, 0.2) is 0 Å². The average molecular weight is 288 g/mol. The Morgan fingerprint density at radius 3 is 2.56 bits per heavy atom. The van der Waals surface area contributed by atoms with Crippen molar-refractivity contribution in [3.63, 3.8) is 0 Å². The monoisotopic (exact) mass is 287 g/mol. The van der Waals surface area contributed by atoms with Crippen molar-refractivity contribution in [3.05, 3.63) is 22.2 Å². The van der Waals surface area contributed by atoms with Crippen molar-refractivity contribution in [2.75, 3.05) is 20.8 Å². The van der Waals surface area contributed by atoms with Crippen LogP contribution in [-0.4, -0.2) is 20.8 Å². The maximum Gasteiger partial charge on any atom is 0.141 e. The molecule has 0 spiro atoms. The maximum atomic E-state index is 5.38. The SMILES string of the molecule is CCCNCc1ccc(OC)c(Br)c1OC. The third-order valence-corrected chi connectivity index (χ3v) is 3.06. The van der Waals surface area contributed by atoms with Gasteiger partial charge in [-0.3, -0.25) is 0 Å². The molecule has 0 aromatic heterocycles. The van der Waals surface area contributed by atoms with Crippen LogP contribution in [0.4, 0.5) is 0 Å². The van der Waals surface area contributed by atoms with Crippen LogP contribution in [0.5, 0.6) is 11.5 Å². The Morgan fingerprint density at radius 1 is 1.25 bits per heavy atom. The summed E-state index contributed by atoms with van der Waals surface area (Å²) in [6, 6.07) is 3.96. The van der Waals surface area contributed by atoms with Crippen molar-refractivity contribution in [2.24, 2.45) is 0 Å². The quantitative estimate of drug-likeness (QED) is 0.816. The fourth-order valence-electron chi connectivity index (χ4n) is 1.50. The van der Waals surface area contributed by atoms with Crippen LogP contribution in [0.2, 0.25) is 0 Å². The lowest BCUT2D eigenvalue weighted by molar-refractivity contribution is 0.385. The predicted octanol–water partition coefficient (Wildman–Crippen LogP) is 2.97. The standard InChI is InChI=1S/C12H18BrNO2/c1-4-7-14-8-9-5-6-10(15-2)11(13)12(9)16-3/h5-6,14H,4,7-8H2,1-3H3. The van der Waals surface area contributed by atoms with Crippen LogP contribution in [0, 0.1) is 0 Å². The summed E-state index contributed by atoms with van der Waals surface area (Å²) in [5, 5.41) is 3.35. The summed E-state index contributed by atoms with van der Waals surface area (Å²) < 4.78 is 11.5. The Bertz CT molecular complexity index is 342. The Labute approximate surface area is 105 Å². The first kappa shape index (κ1) is 13.3. The van der Waals surface area contributed by atoms with E-state index in [0.29, 0.717) is 0 Å². The van der Waals surface area contributed by atoms with E-state index < -0.39 is 0 Å². The number of methoxy groups -OCH3 is 2. The fraction of sp³-hybridized carbons (Fsp3) is 0.500. The van der Waals surface area contributed by atoms with Gasteiger partial charge >= 0.3 is 0 Å². The Balaban J connectivity index is 2.88. The number of benzene rings is 1. The molecule has 1 aromatic carbocycles.